The van der Waals surface area contributed by atoms with Gasteiger partial charge < -0.3 is 20.2 Å². The number of nitrogens with one attached hydrogen (secondary N) is 1. The lowest BCUT2D eigenvalue weighted by Crippen LogP contribution is -2.43. The van der Waals surface area contributed by atoms with E-state index in [4.69, 9.17) is 10.4 Å². The summed E-state index contributed by atoms with van der Waals surface area (Å²) in [6.07, 6.45) is 5.20. The molecule has 2 N–H and O–H groups in total. The van der Waals surface area contributed by atoms with Gasteiger partial charge in [-0.25, -0.2) is 4.79 Å². The van der Waals surface area contributed by atoms with Gasteiger partial charge in [-0.3, -0.25) is 4.79 Å². The molecule has 3 fully saturated rings. The minimum Gasteiger partial charge on any atom is -0.465 e. The van der Waals surface area contributed by atoms with Crippen LogP contribution in [0.2, 0.25) is 0 Å². The summed E-state index contributed by atoms with van der Waals surface area (Å²) in [5.41, 5.74) is 0. The maximum atomic E-state index is 12.3. The third kappa shape index (κ3) is 4.60. The second-order valence-corrected chi connectivity index (χ2v) is 7.94. The third-order valence-corrected chi connectivity index (χ3v) is 6.24. The van der Waals surface area contributed by atoms with Crippen molar-refractivity contribution in [1.82, 2.24) is 15.1 Å². The largest absolute Gasteiger partial charge is 0.465 e. The standard InChI is InChI=1S/C18H28N4O3.ClH/c1-21(18(24)25)11-12-5-13-7-15(8-14(13)6-12)20-10-17(23)22-4-2-3-16(22)9-19;/h12-16,20H,2-8,10-11H2,1H3,(H,24,25);1H. The lowest BCUT2D eigenvalue weighted by atomic mass is 10.0. The topological polar surface area (TPSA) is 96.7 Å². The molecule has 1 heterocycles. The van der Waals surface area contributed by atoms with Gasteiger partial charge >= 0.3 is 6.09 Å². The lowest BCUT2D eigenvalue weighted by molar-refractivity contribution is -0.130. The van der Waals surface area contributed by atoms with E-state index in [-0.39, 0.29) is 24.4 Å². The van der Waals surface area contributed by atoms with Crippen LogP contribution in [0.15, 0.2) is 0 Å². The van der Waals surface area contributed by atoms with E-state index in [2.05, 4.69) is 11.4 Å². The normalized spacial score (nSPS) is 32.6. The summed E-state index contributed by atoms with van der Waals surface area (Å²) in [4.78, 5) is 26.4. The van der Waals surface area contributed by atoms with Crippen LogP contribution in [-0.2, 0) is 4.79 Å². The van der Waals surface area contributed by atoms with E-state index >= 15 is 0 Å². The van der Waals surface area contributed by atoms with Gasteiger partial charge in [0, 0.05) is 26.2 Å². The first-order chi connectivity index (χ1) is 12.0. The highest BCUT2D eigenvalue weighted by Gasteiger charge is 2.42. The summed E-state index contributed by atoms with van der Waals surface area (Å²) in [7, 11) is 1.64. The summed E-state index contributed by atoms with van der Waals surface area (Å²) in [5, 5.41) is 21.5. The molecule has 0 aromatic heterocycles. The fourth-order valence-electron chi connectivity index (χ4n) is 5.06. The maximum Gasteiger partial charge on any atom is 0.407 e. The molecule has 3 unspecified atom stereocenters. The van der Waals surface area contributed by atoms with E-state index in [1.54, 1.807) is 11.9 Å². The van der Waals surface area contributed by atoms with Crippen molar-refractivity contribution < 1.29 is 14.7 Å². The van der Waals surface area contributed by atoms with Crippen molar-refractivity contribution in [3.8, 4) is 6.07 Å². The first-order valence-corrected chi connectivity index (χ1v) is 9.34. The molecule has 0 radical (unpaired) electrons. The van der Waals surface area contributed by atoms with Crippen LogP contribution in [0.25, 0.3) is 0 Å². The Balaban J connectivity index is 0.00000243. The monoisotopic (exact) mass is 384 g/mol. The van der Waals surface area contributed by atoms with E-state index in [0.29, 0.717) is 43.4 Å². The van der Waals surface area contributed by atoms with Crippen LogP contribution in [0, 0.1) is 29.1 Å². The molecule has 0 aromatic carbocycles. The average Bonchev–Trinajstić information content (AvgIpc) is 3.26. The van der Waals surface area contributed by atoms with Crippen LogP contribution in [-0.4, -0.2) is 65.7 Å². The maximum absolute atomic E-state index is 12.3. The Bertz CT molecular complexity index is 553. The lowest BCUT2D eigenvalue weighted by Gasteiger charge is -2.22. The molecule has 0 aromatic rings. The number of halogens is 1. The first kappa shape index (κ1) is 20.8. The summed E-state index contributed by atoms with van der Waals surface area (Å²) in [6, 6.07) is 2.34. The summed E-state index contributed by atoms with van der Waals surface area (Å²) < 4.78 is 0. The number of hydrogen-bond acceptors (Lipinski definition) is 4. The summed E-state index contributed by atoms with van der Waals surface area (Å²) in [5.74, 6) is 1.82. The minimum absolute atomic E-state index is 0. The van der Waals surface area contributed by atoms with Crippen LogP contribution in [0.3, 0.4) is 0 Å². The van der Waals surface area contributed by atoms with Crippen molar-refractivity contribution >= 4 is 24.4 Å². The number of nitriles is 1. The predicted octanol–water partition coefficient (Wildman–Crippen LogP) is 1.93. The Morgan fingerprint density at radius 1 is 1.27 bits per heavy atom. The summed E-state index contributed by atoms with van der Waals surface area (Å²) >= 11 is 0. The van der Waals surface area contributed by atoms with Gasteiger partial charge in [0.05, 0.1) is 12.6 Å². The van der Waals surface area contributed by atoms with E-state index < -0.39 is 6.09 Å². The number of fused-ring (bicyclic) bond motifs is 1. The Morgan fingerprint density at radius 2 is 1.92 bits per heavy atom. The Hall–Kier alpha value is -1.52. The molecular weight excluding hydrogens is 356 g/mol. The number of carbonyl (C=O) groups is 2. The zero-order valence-corrected chi connectivity index (χ0v) is 16.1. The number of carbonyl (C=O) groups excluding carboxylic acids is 1. The molecule has 2 amide bonds. The minimum atomic E-state index is -0.854. The van der Waals surface area contributed by atoms with Crippen molar-refractivity contribution in [2.75, 3.05) is 26.7 Å². The van der Waals surface area contributed by atoms with Gasteiger partial charge in [0.2, 0.25) is 5.91 Å². The van der Waals surface area contributed by atoms with Crippen molar-refractivity contribution in [2.24, 2.45) is 17.8 Å². The number of nitrogens with zero attached hydrogens (tertiary/aromatic N) is 3. The number of amides is 2. The molecule has 3 rings (SSSR count). The van der Waals surface area contributed by atoms with E-state index in [0.717, 1.165) is 38.5 Å². The SMILES string of the molecule is CN(CC1CC2CC(NCC(=O)N3CCCC3C#N)CC2C1)C(=O)O.Cl. The number of rotatable bonds is 5. The molecule has 3 aliphatic rings. The average molecular weight is 385 g/mol. The van der Waals surface area contributed by atoms with Crippen LogP contribution in [0.5, 0.6) is 0 Å². The van der Waals surface area contributed by atoms with E-state index in [1.165, 1.54) is 4.90 Å². The van der Waals surface area contributed by atoms with Gasteiger partial charge in [0.25, 0.3) is 0 Å². The molecule has 8 heteroatoms. The Labute approximate surface area is 161 Å². The van der Waals surface area contributed by atoms with Crippen molar-refractivity contribution in [1.29, 1.82) is 5.26 Å². The molecule has 3 atom stereocenters. The molecule has 2 aliphatic carbocycles. The fourth-order valence-corrected chi connectivity index (χ4v) is 5.06. The van der Waals surface area contributed by atoms with Gasteiger partial charge in [-0.15, -0.1) is 12.4 Å². The van der Waals surface area contributed by atoms with Crippen molar-refractivity contribution in [3.63, 3.8) is 0 Å². The molecule has 0 spiro atoms. The number of likely N-dealkylation sites (tertiary alicyclic amines) is 1. The second kappa shape index (κ2) is 8.92. The van der Waals surface area contributed by atoms with E-state index in [1.807, 2.05) is 0 Å². The highest BCUT2D eigenvalue weighted by atomic mass is 35.5. The van der Waals surface area contributed by atoms with Gasteiger partial charge in [0.15, 0.2) is 0 Å². The highest BCUT2D eigenvalue weighted by Crippen LogP contribution is 2.47. The first-order valence-electron chi connectivity index (χ1n) is 9.34. The zero-order valence-electron chi connectivity index (χ0n) is 15.3. The number of carboxylic acid groups (broad SMARTS) is 1. The number of hydrogen-bond donors (Lipinski definition) is 2. The Kier molecular flexibility index (Phi) is 7.13. The van der Waals surface area contributed by atoms with Gasteiger partial charge in [-0.1, -0.05) is 0 Å². The Morgan fingerprint density at radius 3 is 2.50 bits per heavy atom. The third-order valence-electron chi connectivity index (χ3n) is 6.24. The van der Waals surface area contributed by atoms with Crippen LogP contribution in [0.1, 0.15) is 38.5 Å². The molecular formula is C18H29ClN4O3. The predicted molar refractivity (Wildman–Crippen MR) is 99.0 cm³/mol. The highest BCUT2D eigenvalue weighted by molar-refractivity contribution is 5.85. The molecule has 146 valence electrons. The second-order valence-electron chi connectivity index (χ2n) is 7.94. The molecule has 1 aliphatic heterocycles. The molecule has 1 saturated heterocycles. The van der Waals surface area contributed by atoms with Gasteiger partial charge in [-0.05, 0) is 56.3 Å². The van der Waals surface area contributed by atoms with Crippen LogP contribution in [0.4, 0.5) is 4.79 Å². The molecule has 0 bridgehead atoms. The van der Waals surface area contributed by atoms with Crippen molar-refractivity contribution in [3.05, 3.63) is 0 Å². The van der Waals surface area contributed by atoms with Crippen molar-refractivity contribution in [2.45, 2.75) is 50.6 Å². The smallest absolute Gasteiger partial charge is 0.407 e. The van der Waals surface area contributed by atoms with Gasteiger partial charge in [-0.2, -0.15) is 5.26 Å². The zero-order chi connectivity index (χ0) is 18.0. The van der Waals surface area contributed by atoms with Crippen LogP contribution >= 0.6 is 12.4 Å². The molecule has 26 heavy (non-hydrogen) atoms. The quantitative estimate of drug-likeness (QED) is 0.754. The summed E-state index contributed by atoms with van der Waals surface area (Å²) in [6.45, 7) is 1.66. The van der Waals surface area contributed by atoms with Crippen LogP contribution < -0.4 is 5.32 Å². The van der Waals surface area contributed by atoms with E-state index in [9.17, 15) is 9.59 Å². The molecule has 2 saturated carbocycles. The van der Waals surface area contributed by atoms with Gasteiger partial charge in [0.1, 0.15) is 6.04 Å². The molecule has 7 nitrogen and oxygen atoms in total. The fraction of sp³-hybridized carbons (Fsp3) is 0.833.